The minimum absolute atomic E-state index is 0.179. The van der Waals surface area contributed by atoms with Gasteiger partial charge in [0.2, 0.25) is 0 Å². The molecule has 0 aromatic carbocycles. The molecule has 0 spiro atoms. The molecule has 1 N–H and O–H groups in total. The van der Waals surface area contributed by atoms with E-state index in [4.69, 9.17) is 11.6 Å². The third-order valence-electron chi connectivity index (χ3n) is 2.46. The molecule has 2 nitrogen and oxygen atoms in total. The van der Waals surface area contributed by atoms with Crippen molar-refractivity contribution in [3.63, 3.8) is 0 Å². The van der Waals surface area contributed by atoms with Crippen molar-refractivity contribution < 1.29 is 0 Å². The fourth-order valence-corrected chi connectivity index (χ4v) is 1.63. The Kier molecular flexibility index (Phi) is 4.01. The van der Waals surface area contributed by atoms with Gasteiger partial charge < -0.3 is 5.32 Å². The van der Waals surface area contributed by atoms with E-state index in [0.29, 0.717) is 11.1 Å². The lowest BCUT2D eigenvalue weighted by atomic mass is 9.88. The van der Waals surface area contributed by atoms with Gasteiger partial charge in [0.05, 0.1) is 5.02 Å². The standard InChI is InChI=1S/C11H16BrClN2/c1-7(11(2,3)4)15-10-9(13)5-8(12)6-14-10/h5-7H,1-4H3,(H,14,15). The van der Waals surface area contributed by atoms with Gasteiger partial charge in [0.15, 0.2) is 0 Å². The van der Waals surface area contributed by atoms with E-state index < -0.39 is 0 Å². The average molecular weight is 292 g/mol. The number of hydrogen-bond donors (Lipinski definition) is 1. The summed E-state index contributed by atoms with van der Waals surface area (Å²) in [6.07, 6.45) is 1.74. The van der Waals surface area contributed by atoms with Crippen molar-refractivity contribution in [1.29, 1.82) is 0 Å². The van der Waals surface area contributed by atoms with Gasteiger partial charge in [0, 0.05) is 16.7 Å². The molecular weight excluding hydrogens is 275 g/mol. The Morgan fingerprint density at radius 3 is 2.53 bits per heavy atom. The van der Waals surface area contributed by atoms with Crippen molar-refractivity contribution in [2.45, 2.75) is 33.7 Å². The second-order valence-electron chi connectivity index (χ2n) is 4.72. The number of rotatable bonds is 2. The molecule has 0 aliphatic heterocycles. The number of pyridine rings is 1. The summed E-state index contributed by atoms with van der Waals surface area (Å²) in [5, 5.41) is 3.95. The van der Waals surface area contributed by atoms with E-state index in [1.165, 1.54) is 0 Å². The van der Waals surface area contributed by atoms with Gasteiger partial charge in [-0.05, 0) is 34.3 Å². The van der Waals surface area contributed by atoms with Gasteiger partial charge in [-0.3, -0.25) is 0 Å². The highest BCUT2D eigenvalue weighted by Crippen LogP contribution is 2.27. The Labute approximate surface area is 105 Å². The summed E-state index contributed by atoms with van der Waals surface area (Å²) in [7, 11) is 0. The summed E-state index contributed by atoms with van der Waals surface area (Å²) in [4.78, 5) is 4.24. The van der Waals surface area contributed by atoms with Crippen LogP contribution >= 0.6 is 27.5 Å². The molecule has 0 fully saturated rings. The van der Waals surface area contributed by atoms with Crippen LogP contribution in [0.5, 0.6) is 0 Å². The molecule has 1 aromatic rings. The molecule has 1 rings (SSSR count). The van der Waals surface area contributed by atoms with Crippen molar-refractivity contribution in [2.24, 2.45) is 5.41 Å². The van der Waals surface area contributed by atoms with Crippen molar-refractivity contribution >= 4 is 33.3 Å². The first-order valence-electron chi connectivity index (χ1n) is 4.88. The first-order valence-corrected chi connectivity index (χ1v) is 6.05. The highest BCUT2D eigenvalue weighted by molar-refractivity contribution is 9.10. The summed E-state index contributed by atoms with van der Waals surface area (Å²) in [6.45, 7) is 8.66. The maximum absolute atomic E-state index is 6.07. The predicted molar refractivity (Wildman–Crippen MR) is 69.5 cm³/mol. The molecule has 0 amide bonds. The predicted octanol–water partition coefficient (Wildman–Crippen LogP) is 4.34. The Morgan fingerprint density at radius 2 is 2.07 bits per heavy atom. The summed E-state index contributed by atoms with van der Waals surface area (Å²) < 4.78 is 0.890. The van der Waals surface area contributed by atoms with E-state index >= 15 is 0 Å². The molecule has 4 heteroatoms. The van der Waals surface area contributed by atoms with Gasteiger partial charge >= 0.3 is 0 Å². The van der Waals surface area contributed by atoms with Crippen LogP contribution in [0.4, 0.5) is 5.82 Å². The van der Waals surface area contributed by atoms with E-state index in [0.717, 1.165) is 10.3 Å². The number of aromatic nitrogens is 1. The zero-order valence-corrected chi connectivity index (χ0v) is 11.8. The number of anilines is 1. The van der Waals surface area contributed by atoms with Crippen LogP contribution < -0.4 is 5.32 Å². The van der Waals surface area contributed by atoms with Crippen LogP contribution in [0.1, 0.15) is 27.7 Å². The minimum Gasteiger partial charge on any atom is -0.366 e. The van der Waals surface area contributed by atoms with Crippen LogP contribution in [-0.2, 0) is 0 Å². The van der Waals surface area contributed by atoms with Gasteiger partial charge in [0.25, 0.3) is 0 Å². The van der Waals surface area contributed by atoms with Gasteiger partial charge in [-0.25, -0.2) is 4.98 Å². The average Bonchev–Trinajstić information content (AvgIpc) is 2.08. The molecule has 0 saturated heterocycles. The van der Waals surface area contributed by atoms with E-state index in [-0.39, 0.29) is 5.41 Å². The Bertz CT molecular complexity index is 347. The summed E-state index contributed by atoms with van der Waals surface area (Å²) in [6, 6.07) is 2.15. The quantitative estimate of drug-likeness (QED) is 0.876. The Balaban J connectivity index is 2.82. The molecular formula is C11H16BrClN2. The third-order valence-corrected chi connectivity index (χ3v) is 3.18. The molecule has 0 aliphatic rings. The maximum Gasteiger partial charge on any atom is 0.145 e. The molecule has 1 heterocycles. The monoisotopic (exact) mass is 290 g/mol. The first-order chi connectivity index (χ1) is 6.80. The summed E-state index contributed by atoms with van der Waals surface area (Å²) in [5.74, 6) is 0.738. The molecule has 0 aliphatic carbocycles. The van der Waals surface area contributed by atoms with Crippen molar-refractivity contribution in [1.82, 2.24) is 4.98 Å². The van der Waals surface area contributed by atoms with E-state index in [9.17, 15) is 0 Å². The molecule has 84 valence electrons. The molecule has 15 heavy (non-hydrogen) atoms. The highest BCUT2D eigenvalue weighted by Gasteiger charge is 2.20. The zero-order valence-electron chi connectivity index (χ0n) is 9.44. The van der Waals surface area contributed by atoms with Crippen LogP contribution in [0.25, 0.3) is 0 Å². The Morgan fingerprint density at radius 1 is 1.47 bits per heavy atom. The normalized spacial score (nSPS) is 13.7. The molecule has 1 atom stereocenters. The second-order valence-corrected chi connectivity index (χ2v) is 6.04. The fourth-order valence-electron chi connectivity index (χ4n) is 0.942. The maximum atomic E-state index is 6.07. The van der Waals surface area contributed by atoms with E-state index in [1.54, 1.807) is 6.20 Å². The van der Waals surface area contributed by atoms with Crippen LogP contribution in [0.2, 0.25) is 5.02 Å². The van der Waals surface area contributed by atoms with Crippen LogP contribution in [-0.4, -0.2) is 11.0 Å². The smallest absolute Gasteiger partial charge is 0.145 e. The third kappa shape index (κ3) is 3.65. The number of hydrogen-bond acceptors (Lipinski definition) is 2. The van der Waals surface area contributed by atoms with Crippen molar-refractivity contribution in [3.05, 3.63) is 21.8 Å². The lowest BCUT2D eigenvalue weighted by Crippen LogP contribution is -2.31. The molecule has 0 bridgehead atoms. The van der Waals surface area contributed by atoms with Gasteiger partial charge in [-0.15, -0.1) is 0 Å². The lowest BCUT2D eigenvalue weighted by Gasteiger charge is -2.28. The van der Waals surface area contributed by atoms with E-state index in [1.807, 2.05) is 6.07 Å². The largest absolute Gasteiger partial charge is 0.366 e. The lowest BCUT2D eigenvalue weighted by molar-refractivity contribution is 0.359. The zero-order chi connectivity index (χ0) is 11.6. The van der Waals surface area contributed by atoms with Crippen molar-refractivity contribution in [2.75, 3.05) is 5.32 Å². The SMILES string of the molecule is CC(Nc1ncc(Br)cc1Cl)C(C)(C)C. The fraction of sp³-hybridized carbons (Fsp3) is 0.545. The number of nitrogens with zero attached hydrogens (tertiary/aromatic N) is 1. The van der Waals surface area contributed by atoms with E-state index in [2.05, 4.69) is 53.9 Å². The van der Waals surface area contributed by atoms with Crippen LogP contribution in [0.15, 0.2) is 16.7 Å². The van der Waals surface area contributed by atoms with Gasteiger partial charge in [-0.2, -0.15) is 0 Å². The second kappa shape index (κ2) is 4.71. The number of halogens is 2. The molecule has 1 unspecified atom stereocenters. The molecule has 0 saturated carbocycles. The highest BCUT2D eigenvalue weighted by atomic mass is 79.9. The summed E-state index contributed by atoms with van der Waals surface area (Å²) in [5.41, 5.74) is 0.179. The first kappa shape index (κ1) is 12.8. The number of nitrogens with one attached hydrogen (secondary N) is 1. The van der Waals surface area contributed by atoms with Crippen LogP contribution in [0, 0.1) is 5.41 Å². The topological polar surface area (TPSA) is 24.9 Å². The molecule has 0 radical (unpaired) electrons. The Hall–Kier alpha value is -0.280. The summed E-state index contributed by atoms with van der Waals surface area (Å²) >= 11 is 9.40. The van der Waals surface area contributed by atoms with Crippen molar-refractivity contribution in [3.8, 4) is 0 Å². The molecule has 1 aromatic heterocycles. The van der Waals surface area contributed by atoms with Crippen LogP contribution in [0.3, 0.4) is 0 Å². The van der Waals surface area contributed by atoms with Gasteiger partial charge in [-0.1, -0.05) is 32.4 Å². The van der Waals surface area contributed by atoms with Gasteiger partial charge in [0.1, 0.15) is 5.82 Å². The minimum atomic E-state index is 0.179.